The molecule has 8 heteroatoms. The Hall–Kier alpha value is -4.07. The van der Waals surface area contributed by atoms with Crippen molar-refractivity contribution in [3.05, 3.63) is 60.3 Å². The van der Waals surface area contributed by atoms with Gasteiger partial charge < -0.3 is 14.9 Å². The molecule has 39 heavy (non-hydrogen) atoms. The van der Waals surface area contributed by atoms with E-state index < -0.39 is 5.97 Å². The van der Waals surface area contributed by atoms with Crippen molar-refractivity contribution in [2.24, 2.45) is 11.8 Å². The zero-order valence-corrected chi connectivity index (χ0v) is 23.0. The van der Waals surface area contributed by atoms with E-state index in [0.717, 1.165) is 53.7 Å². The molecule has 1 fully saturated rings. The van der Waals surface area contributed by atoms with Gasteiger partial charge in [0.25, 0.3) is 0 Å². The van der Waals surface area contributed by atoms with Gasteiger partial charge >= 0.3 is 5.97 Å². The number of amides is 1. The molecule has 0 bridgehead atoms. The summed E-state index contributed by atoms with van der Waals surface area (Å²) in [6, 6.07) is 15.1. The normalized spacial score (nSPS) is 17.5. The number of esters is 1. The van der Waals surface area contributed by atoms with Gasteiger partial charge in [0.15, 0.2) is 5.82 Å². The Kier molecular flexibility index (Phi) is 7.46. The average molecular weight is 529 g/mol. The number of nitrogens with zero attached hydrogens (tertiary/aromatic N) is 3. The summed E-state index contributed by atoms with van der Waals surface area (Å²) < 4.78 is 13.0. The van der Waals surface area contributed by atoms with E-state index in [0.29, 0.717) is 17.4 Å². The van der Waals surface area contributed by atoms with Gasteiger partial charge in [-0.1, -0.05) is 6.92 Å². The van der Waals surface area contributed by atoms with Gasteiger partial charge in [0, 0.05) is 40.9 Å². The molecule has 0 atom stereocenters. The number of carbonyl (C=O) groups excluding carboxylic acids is 2. The number of benzene rings is 2. The number of rotatable bonds is 7. The first kappa shape index (κ1) is 26.5. The highest BCUT2D eigenvalue weighted by Gasteiger charge is 2.34. The van der Waals surface area contributed by atoms with Crippen molar-refractivity contribution < 1.29 is 18.7 Å². The van der Waals surface area contributed by atoms with Gasteiger partial charge in [-0.15, -0.1) is 5.10 Å². The summed E-state index contributed by atoms with van der Waals surface area (Å²) in [6.45, 7) is 8.13. The van der Waals surface area contributed by atoms with Crippen molar-refractivity contribution >= 4 is 34.4 Å². The molecular formula is C31H36N4O4. The van der Waals surface area contributed by atoms with Crippen molar-refractivity contribution in [1.82, 2.24) is 9.78 Å². The number of hydrogen-bond donors (Lipinski definition) is 1. The number of furan rings is 1. The molecule has 1 aliphatic rings. The van der Waals surface area contributed by atoms with Crippen LogP contribution in [0, 0.1) is 11.8 Å². The second-order valence-electron chi connectivity index (χ2n) is 10.7. The largest absolute Gasteiger partial charge is 0.462 e. The van der Waals surface area contributed by atoms with Crippen LogP contribution in [0.5, 0.6) is 0 Å². The van der Waals surface area contributed by atoms with E-state index in [-0.39, 0.29) is 30.0 Å². The summed E-state index contributed by atoms with van der Waals surface area (Å²) in [5.74, 6) is 1.17. The van der Waals surface area contributed by atoms with Crippen molar-refractivity contribution in [2.45, 2.75) is 59.4 Å². The number of anilines is 2. The third kappa shape index (κ3) is 5.41. The standard InChI is InChI=1S/C31H36N4O4/c1-5-38-31(37)26-18-34(33-29(26)35(19(2)3)30(36)22-8-6-20(4)7-9-22)25-14-11-21(12-15-25)27-16-23-10-13-24(32)17-28(23)39-27/h10-20,22H,5-9,32H2,1-4H3/t20-,22-. The Labute approximate surface area is 228 Å². The summed E-state index contributed by atoms with van der Waals surface area (Å²) in [5.41, 5.74) is 9.20. The molecule has 0 spiro atoms. The number of fused-ring (bicyclic) bond motifs is 1. The maximum atomic E-state index is 13.7. The highest BCUT2D eigenvalue weighted by molar-refractivity contribution is 6.02. The summed E-state index contributed by atoms with van der Waals surface area (Å²) in [5, 5.41) is 5.74. The predicted molar refractivity (Wildman–Crippen MR) is 153 cm³/mol. The first-order valence-corrected chi connectivity index (χ1v) is 13.7. The third-order valence-corrected chi connectivity index (χ3v) is 7.50. The summed E-state index contributed by atoms with van der Waals surface area (Å²) in [6.07, 6.45) is 5.43. The number of nitrogen functional groups attached to an aromatic ring is 1. The summed E-state index contributed by atoms with van der Waals surface area (Å²) in [4.78, 5) is 28.4. The molecule has 1 amide bonds. The second-order valence-corrected chi connectivity index (χ2v) is 10.7. The molecular weight excluding hydrogens is 492 g/mol. The number of carbonyl (C=O) groups is 2. The first-order valence-electron chi connectivity index (χ1n) is 13.7. The van der Waals surface area contributed by atoms with Gasteiger partial charge in [-0.3, -0.25) is 9.69 Å². The fraction of sp³-hybridized carbons (Fsp3) is 0.387. The zero-order chi connectivity index (χ0) is 27.7. The van der Waals surface area contributed by atoms with Crippen LogP contribution in [0.15, 0.2) is 59.1 Å². The predicted octanol–water partition coefficient (Wildman–Crippen LogP) is 6.61. The Balaban J connectivity index is 1.48. The van der Waals surface area contributed by atoms with E-state index in [1.165, 1.54) is 0 Å². The van der Waals surface area contributed by atoms with Crippen molar-refractivity contribution in [3.63, 3.8) is 0 Å². The SMILES string of the molecule is CCOC(=O)c1cn(-c2ccc(-c3cc4ccc(N)cc4o3)cc2)nc1N(C(=O)[C@H]1CC[C@H](C)CC1)C(C)C. The van der Waals surface area contributed by atoms with Crippen LogP contribution in [0.4, 0.5) is 11.5 Å². The Morgan fingerprint density at radius 3 is 2.49 bits per heavy atom. The molecule has 0 aliphatic heterocycles. The molecule has 0 unspecified atom stereocenters. The number of hydrogen-bond acceptors (Lipinski definition) is 6. The van der Waals surface area contributed by atoms with E-state index in [9.17, 15) is 9.59 Å². The zero-order valence-electron chi connectivity index (χ0n) is 23.0. The molecule has 5 rings (SSSR count). The molecule has 2 aromatic carbocycles. The molecule has 1 aliphatic carbocycles. The molecule has 204 valence electrons. The highest BCUT2D eigenvalue weighted by atomic mass is 16.5. The highest BCUT2D eigenvalue weighted by Crippen LogP contribution is 2.34. The molecule has 2 heterocycles. The van der Waals surface area contributed by atoms with Crippen molar-refractivity contribution in [2.75, 3.05) is 17.2 Å². The van der Waals surface area contributed by atoms with Gasteiger partial charge in [-0.2, -0.15) is 0 Å². The van der Waals surface area contributed by atoms with Crippen LogP contribution >= 0.6 is 0 Å². The minimum atomic E-state index is -0.493. The van der Waals surface area contributed by atoms with Crippen molar-refractivity contribution in [1.29, 1.82) is 0 Å². The fourth-order valence-corrected chi connectivity index (χ4v) is 5.30. The van der Waals surface area contributed by atoms with E-state index in [1.54, 1.807) is 22.7 Å². The molecule has 2 N–H and O–H groups in total. The lowest BCUT2D eigenvalue weighted by molar-refractivity contribution is -0.124. The first-order chi connectivity index (χ1) is 18.7. The minimum Gasteiger partial charge on any atom is -0.462 e. The van der Waals surface area contributed by atoms with E-state index in [1.807, 2.05) is 62.4 Å². The van der Waals surface area contributed by atoms with Crippen LogP contribution in [-0.4, -0.2) is 34.3 Å². The molecule has 2 aromatic heterocycles. The maximum absolute atomic E-state index is 13.7. The number of nitrogens with two attached hydrogens (primary N) is 1. The summed E-state index contributed by atoms with van der Waals surface area (Å²) in [7, 11) is 0. The van der Waals surface area contributed by atoms with E-state index in [4.69, 9.17) is 20.0 Å². The number of ether oxygens (including phenoxy) is 1. The van der Waals surface area contributed by atoms with Crippen LogP contribution in [0.25, 0.3) is 28.0 Å². The maximum Gasteiger partial charge on any atom is 0.343 e. The number of aromatic nitrogens is 2. The smallest absolute Gasteiger partial charge is 0.343 e. The fourth-order valence-electron chi connectivity index (χ4n) is 5.30. The van der Waals surface area contributed by atoms with Crippen LogP contribution in [-0.2, 0) is 9.53 Å². The lowest BCUT2D eigenvalue weighted by Gasteiger charge is -2.32. The topological polar surface area (TPSA) is 104 Å². The Bertz CT molecular complexity index is 1480. The molecule has 8 nitrogen and oxygen atoms in total. The van der Waals surface area contributed by atoms with E-state index in [2.05, 4.69) is 6.92 Å². The van der Waals surface area contributed by atoms with Gasteiger partial charge in [0.05, 0.1) is 12.3 Å². The van der Waals surface area contributed by atoms with Gasteiger partial charge in [0.2, 0.25) is 5.91 Å². The quantitative estimate of drug-likeness (QED) is 0.214. The van der Waals surface area contributed by atoms with Crippen LogP contribution in [0.3, 0.4) is 0 Å². The van der Waals surface area contributed by atoms with Crippen LogP contribution in [0.1, 0.15) is 63.7 Å². The van der Waals surface area contributed by atoms with Gasteiger partial charge in [-0.25, -0.2) is 9.48 Å². The molecule has 1 saturated carbocycles. The minimum absolute atomic E-state index is 0.0218. The lowest BCUT2D eigenvalue weighted by Crippen LogP contribution is -2.43. The van der Waals surface area contributed by atoms with Gasteiger partial charge in [0.1, 0.15) is 16.9 Å². The molecule has 0 saturated heterocycles. The Morgan fingerprint density at radius 2 is 1.82 bits per heavy atom. The van der Waals surface area contributed by atoms with Gasteiger partial charge in [-0.05, 0) is 94.8 Å². The van der Waals surface area contributed by atoms with Crippen LogP contribution in [0.2, 0.25) is 0 Å². The molecule has 4 aromatic rings. The third-order valence-electron chi connectivity index (χ3n) is 7.50. The van der Waals surface area contributed by atoms with E-state index >= 15 is 0 Å². The summed E-state index contributed by atoms with van der Waals surface area (Å²) >= 11 is 0. The monoisotopic (exact) mass is 528 g/mol. The Morgan fingerprint density at radius 1 is 1.10 bits per heavy atom. The molecule has 0 radical (unpaired) electrons. The average Bonchev–Trinajstić information content (AvgIpc) is 3.54. The van der Waals surface area contributed by atoms with Crippen molar-refractivity contribution in [3.8, 4) is 17.0 Å². The lowest BCUT2D eigenvalue weighted by atomic mass is 9.82. The van der Waals surface area contributed by atoms with Crippen LogP contribution < -0.4 is 10.6 Å². The second kappa shape index (κ2) is 11.0.